The third-order valence-corrected chi connectivity index (χ3v) is 15.8. The van der Waals surface area contributed by atoms with Crippen LogP contribution >= 0.6 is 0 Å². The van der Waals surface area contributed by atoms with Crippen molar-refractivity contribution < 1.29 is 37.7 Å². The second-order valence-electron chi connectivity index (χ2n) is 21.7. The van der Waals surface area contributed by atoms with E-state index in [4.69, 9.17) is 45.2 Å². The van der Waals surface area contributed by atoms with Crippen molar-refractivity contribution in [2.75, 3.05) is 44.3 Å². The fourth-order valence-corrected chi connectivity index (χ4v) is 11.0. The van der Waals surface area contributed by atoms with Gasteiger partial charge >= 0.3 is 18.2 Å². The third kappa shape index (κ3) is 9.69. The number of carbonyl (C=O) groups excluding carboxylic acids is 2. The quantitative estimate of drug-likeness (QED) is 0.0874. The zero-order valence-corrected chi connectivity index (χ0v) is 42.0. The normalized spacial score (nSPS) is 21.6. The van der Waals surface area contributed by atoms with Crippen LogP contribution in [0.2, 0.25) is 25.7 Å². The van der Waals surface area contributed by atoms with E-state index < -0.39 is 19.8 Å². The molecule has 364 valence electrons. The lowest BCUT2D eigenvalue weighted by Crippen LogP contribution is -2.50. The number of terminal acetylenes is 1. The number of likely N-dealkylation sites (tertiary alicyclic amines) is 2. The van der Waals surface area contributed by atoms with Crippen LogP contribution in [0.3, 0.4) is 0 Å². The summed E-state index contributed by atoms with van der Waals surface area (Å²) in [4.78, 5) is 43.0. The second kappa shape index (κ2) is 18.4. The molecule has 0 radical (unpaired) electrons. The molecular weight excluding hydrogens is 894 g/mol. The van der Waals surface area contributed by atoms with Crippen LogP contribution in [-0.4, -0.2) is 113 Å². The van der Waals surface area contributed by atoms with E-state index in [0.29, 0.717) is 79.5 Å². The summed E-state index contributed by atoms with van der Waals surface area (Å²) in [6.45, 7) is 17.2. The number of rotatable bonds is 12. The Balaban J connectivity index is 1.12. The van der Waals surface area contributed by atoms with Gasteiger partial charge in [-0.1, -0.05) is 37.7 Å². The first-order valence-electron chi connectivity index (χ1n) is 24.7. The van der Waals surface area contributed by atoms with Gasteiger partial charge < -0.3 is 38.4 Å². The first-order valence-corrected chi connectivity index (χ1v) is 28.4. The molecule has 4 saturated heterocycles. The lowest BCUT2D eigenvalue weighted by Gasteiger charge is -2.36. The number of aromatic nitrogens is 4. The highest BCUT2D eigenvalue weighted by Crippen LogP contribution is 2.54. The van der Waals surface area contributed by atoms with Crippen molar-refractivity contribution in [1.82, 2.24) is 29.5 Å². The van der Waals surface area contributed by atoms with Gasteiger partial charge in [-0.3, -0.25) is 0 Å². The van der Waals surface area contributed by atoms with Gasteiger partial charge in [0.15, 0.2) is 12.0 Å². The fraction of sp³-hybridized carbons (Fsp3) is 0.528. The number of benzene rings is 3. The number of nitrogens with zero attached hydrogens (tertiary/aromatic N) is 7. The molecule has 3 aromatic carbocycles. The predicted octanol–water partition coefficient (Wildman–Crippen LogP) is 10.4. The monoisotopic (exact) mass is 957 g/mol. The highest BCUT2D eigenvalue weighted by Gasteiger charge is 2.48. The highest BCUT2D eigenvalue weighted by molar-refractivity contribution is 6.76. The second-order valence-corrected chi connectivity index (χ2v) is 27.4. The van der Waals surface area contributed by atoms with Crippen LogP contribution in [0.1, 0.15) is 100 Å². The van der Waals surface area contributed by atoms with Gasteiger partial charge in [0.2, 0.25) is 0 Å². The molecule has 5 aliphatic rings. The van der Waals surface area contributed by atoms with Gasteiger partial charge in [0.1, 0.15) is 35.5 Å². The lowest BCUT2D eigenvalue weighted by molar-refractivity contribution is -0.0366. The third-order valence-electron chi connectivity index (χ3n) is 14.1. The number of carbonyl (C=O) groups is 2. The SMILES string of the molecule is C#Cc1ccc(COc2c(-c3c(C)c(F)cc4c3cnn4C3CCCCO3)c(C3CC3)cc3c(N4C[C@@H]5C[C@H]4CN5C(=O)OC(C)(C)C)nc(O[C@H]4CCN(C(=O)OCC[Si](C)(C)C)C4)nc23)cc1. The van der Waals surface area contributed by atoms with E-state index in [0.717, 1.165) is 77.6 Å². The largest absolute Gasteiger partial charge is 0.486 e. The van der Waals surface area contributed by atoms with Crippen LogP contribution in [0.25, 0.3) is 32.9 Å². The molecule has 2 aromatic heterocycles. The number of anilines is 1. The number of halogens is 1. The molecule has 4 atom stereocenters. The van der Waals surface area contributed by atoms with Gasteiger partial charge in [0.25, 0.3) is 0 Å². The van der Waals surface area contributed by atoms with E-state index in [1.807, 2.05) is 67.7 Å². The van der Waals surface area contributed by atoms with Crippen molar-refractivity contribution >= 4 is 47.9 Å². The molecule has 2 amide bonds. The first-order chi connectivity index (χ1) is 33.0. The van der Waals surface area contributed by atoms with Crippen molar-refractivity contribution in [1.29, 1.82) is 0 Å². The van der Waals surface area contributed by atoms with Gasteiger partial charge in [0.05, 0.1) is 36.9 Å². The van der Waals surface area contributed by atoms with E-state index in [2.05, 4.69) is 36.5 Å². The zero-order valence-electron chi connectivity index (χ0n) is 41.0. The molecular formula is C53H64FN7O7Si. The van der Waals surface area contributed by atoms with Gasteiger partial charge in [-0.25, -0.2) is 18.7 Å². The Morgan fingerprint density at radius 3 is 2.43 bits per heavy atom. The molecule has 4 aliphatic heterocycles. The molecule has 1 unspecified atom stereocenters. The van der Waals surface area contributed by atoms with Crippen molar-refractivity contribution in [3.05, 3.63) is 70.7 Å². The Kier molecular flexibility index (Phi) is 12.5. The van der Waals surface area contributed by atoms with E-state index in [-0.39, 0.29) is 54.9 Å². The van der Waals surface area contributed by atoms with E-state index in [1.54, 1.807) is 11.0 Å². The van der Waals surface area contributed by atoms with Crippen molar-refractivity contribution in [2.24, 2.45) is 0 Å². The Bertz CT molecular complexity index is 2820. The molecule has 1 saturated carbocycles. The molecule has 10 rings (SSSR count). The number of hydrogen-bond acceptors (Lipinski definition) is 11. The van der Waals surface area contributed by atoms with Gasteiger partial charge in [-0.05, 0) is 113 Å². The maximum atomic E-state index is 16.7. The smallest absolute Gasteiger partial charge is 0.410 e. The number of piperazine rings is 1. The topological polar surface area (TPSA) is 134 Å². The van der Waals surface area contributed by atoms with Crippen LogP contribution < -0.4 is 14.4 Å². The average molecular weight is 958 g/mol. The number of hydrogen-bond donors (Lipinski definition) is 0. The van der Waals surface area contributed by atoms with Crippen LogP contribution in [0.5, 0.6) is 11.8 Å². The van der Waals surface area contributed by atoms with E-state index in [9.17, 15) is 9.59 Å². The highest BCUT2D eigenvalue weighted by atomic mass is 28.3. The molecule has 14 nitrogen and oxygen atoms in total. The summed E-state index contributed by atoms with van der Waals surface area (Å²) >= 11 is 0. The standard InChI is InChI=1S/C53H64FN7O7Si/c1-9-33-13-15-34(16-14-33)31-66-48-46(45-32(2)42(54)26-43-41(45)27-55-61(43)44-12-10-11-21-64-44)39(35-17-18-35)25-40-47(48)56-50(67-38-19-20-58(30-38)51(62)65-22-23-69(6,7)8)57-49(40)59-28-37-24-36(59)29-60(37)52(63)68-53(3,4)5/h1,13-16,25-27,35-38,44H,10-12,17-24,28-31H2,2-8H3/t36-,37-,38-,44?/m0/s1. The maximum Gasteiger partial charge on any atom is 0.410 e. The molecule has 16 heteroatoms. The number of amides is 2. The van der Waals surface area contributed by atoms with E-state index >= 15 is 4.39 Å². The minimum Gasteiger partial charge on any atom is -0.486 e. The summed E-state index contributed by atoms with van der Waals surface area (Å²) in [6.07, 6.45) is 12.2. The molecule has 6 heterocycles. The Labute approximate surface area is 404 Å². The van der Waals surface area contributed by atoms with E-state index in [1.165, 1.54) is 0 Å². The molecule has 0 N–H and O–H groups in total. The summed E-state index contributed by atoms with van der Waals surface area (Å²) < 4.78 is 50.2. The summed E-state index contributed by atoms with van der Waals surface area (Å²) in [5.41, 5.74) is 5.14. The van der Waals surface area contributed by atoms with Crippen molar-refractivity contribution in [3.63, 3.8) is 0 Å². The average Bonchev–Trinajstić information content (AvgIpc) is 3.58. The molecule has 69 heavy (non-hydrogen) atoms. The lowest BCUT2D eigenvalue weighted by atomic mass is 9.88. The van der Waals surface area contributed by atoms with Crippen molar-refractivity contribution in [3.8, 4) is 35.2 Å². The summed E-state index contributed by atoms with van der Waals surface area (Å²) in [5.74, 6) is 3.68. The van der Waals surface area contributed by atoms with Crippen LogP contribution in [0, 0.1) is 25.1 Å². The number of fused-ring (bicyclic) bond motifs is 4. The fourth-order valence-electron chi connectivity index (χ4n) is 10.3. The molecule has 0 spiro atoms. The zero-order chi connectivity index (χ0) is 48.4. The Morgan fingerprint density at radius 2 is 1.75 bits per heavy atom. The summed E-state index contributed by atoms with van der Waals surface area (Å²) in [7, 11) is -1.40. The van der Waals surface area contributed by atoms with Crippen LogP contribution in [0.4, 0.5) is 19.8 Å². The van der Waals surface area contributed by atoms with Crippen molar-refractivity contribution in [2.45, 2.75) is 141 Å². The predicted molar refractivity (Wildman–Crippen MR) is 265 cm³/mol. The minimum absolute atomic E-state index is 0.0533. The number of ether oxygens (including phenoxy) is 5. The summed E-state index contributed by atoms with van der Waals surface area (Å²) in [5, 5.41) is 6.43. The van der Waals surface area contributed by atoms with Gasteiger partial charge in [0, 0.05) is 74.3 Å². The van der Waals surface area contributed by atoms with Gasteiger partial charge in [-0.2, -0.15) is 15.1 Å². The van der Waals surface area contributed by atoms with Crippen LogP contribution in [0.15, 0.2) is 42.6 Å². The Morgan fingerprint density at radius 1 is 0.957 bits per heavy atom. The Hall–Kier alpha value is -5.92. The van der Waals surface area contributed by atoms with Crippen LogP contribution in [-0.2, 0) is 20.8 Å². The molecule has 5 aromatic rings. The molecule has 1 aliphatic carbocycles. The maximum absolute atomic E-state index is 16.7. The summed E-state index contributed by atoms with van der Waals surface area (Å²) in [6, 6.07) is 12.3. The first kappa shape index (κ1) is 46.8. The molecule has 5 fully saturated rings. The minimum atomic E-state index is -1.40. The van der Waals surface area contributed by atoms with Gasteiger partial charge in [-0.15, -0.1) is 6.42 Å². The molecule has 2 bridgehead atoms.